The number of amides is 1. The van der Waals surface area contributed by atoms with Gasteiger partial charge in [0.2, 0.25) is 0 Å². The Bertz CT molecular complexity index is 1050. The molecule has 0 spiro atoms. The SMILES string of the molecule is CC(C)(C)OC(=O)N1CC[C@H]2[C@@H](C1)c1cc(-c3ccc(Cl)c(Cl)c3)cc3c1N2CCC3. The van der Waals surface area contributed by atoms with E-state index in [1.807, 2.05) is 43.9 Å². The molecule has 2 aromatic rings. The fourth-order valence-electron chi connectivity index (χ4n) is 5.38. The van der Waals surface area contributed by atoms with E-state index in [2.05, 4.69) is 17.0 Å². The zero-order valence-corrected chi connectivity index (χ0v) is 19.8. The Hall–Kier alpha value is -1.91. The van der Waals surface area contributed by atoms with Crippen LogP contribution in [0.4, 0.5) is 10.5 Å². The Morgan fingerprint density at radius 3 is 2.61 bits per heavy atom. The number of piperidine rings is 1. The molecule has 0 N–H and O–H groups in total. The minimum atomic E-state index is -0.481. The highest BCUT2D eigenvalue weighted by Gasteiger charge is 2.45. The molecule has 0 saturated carbocycles. The Kier molecular flexibility index (Phi) is 5.14. The van der Waals surface area contributed by atoms with Gasteiger partial charge in [0.1, 0.15) is 5.60 Å². The van der Waals surface area contributed by atoms with E-state index in [0.717, 1.165) is 37.9 Å². The second-order valence-electron chi connectivity index (χ2n) is 9.89. The molecule has 0 radical (unpaired) electrons. The van der Waals surface area contributed by atoms with E-state index < -0.39 is 5.60 Å². The van der Waals surface area contributed by atoms with Crippen molar-refractivity contribution < 1.29 is 9.53 Å². The van der Waals surface area contributed by atoms with Crippen LogP contribution in [0.1, 0.15) is 50.7 Å². The first-order valence-electron chi connectivity index (χ1n) is 11.1. The molecule has 1 fully saturated rings. The van der Waals surface area contributed by atoms with Gasteiger partial charge < -0.3 is 14.5 Å². The van der Waals surface area contributed by atoms with E-state index in [9.17, 15) is 4.79 Å². The summed E-state index contributed by atoms with van der Waals surface area (Å²) in [5.74, 6) is 0.302. The normalized spacial score (nSPS) is 22.2. The van der Waals surface area contributed by atoms with E-state index in [1.165, 1.54) is 22.4 Å². The number of hydrogen-bond donors (Lipinski definition) is 0. The highest BCUT2D eigenvalue weighted by Crippen LogP contribution is 2.50. The standard InChI is InChI=1S/C25H28Cl2N2O2/c1-25(2,3)31-24(30)28-10-8-22-19(14-28)18-12-17(15-6-7-20(26)21(27)13-15)11-16-5-4-9-29(22)23(16)18/h6-7,11-13,19,22H,4-5,8-10,14H2,1-3H3/t19-,22-/m0/s1. The van der Waals surface area contributed by atoms with Crippen LogP contribution in [0.5, 0.6) is 0 Å². The fraction of sp³-hybridized carbons (Fsp3) is 0.480. The van der Waals surface area contributed by atoms with Crippen molar-refractivity contribution in [3.63, 3.8) is 0 Å². The number of anilines is 1. The van der Waals surface area contributed by atoms with Gasteiger partial charge in [-0.1, -0.05) is 29.3 Å². The predicted octanol–water partition coefficient (Wildman–Crippen LogP) is 6.52. The maximum absolute atomic E-state index is 12.8. The van der Waals surface area contributed by atoms with Crippen molar-refractivity contribution >= 4 is 35.0 Å². The van der Waals surface area contributed by atoms with Crippen LogP contribution in [-0.4, -0.2) is 42.3 Å². The average Bonchev–Trinajstić information content (AvgIpc) is 3.04. The highest BCUT2D eigenvalue weighted by molar-refractivity contribution is 6.42. The number of fused-ring (bicyclic) bond motifs is 3. The molecule has 0 bridgehead atoms. The molecular weight excluding hydrogens is 431 g/mol. The van der Waals surface area contributed by atoms with Gasteiger partial charge in [-0.05, 0) is 86.6 Å². The topological polar surface area (TPSA) is 32.8 Å². The molecule has 4 nitrogen and oxygen atoms in total. The molecule has 2 aromatic carbocycles. The molecule has 1 saturated heterocycles. The number of hydrogen-bond acceptors (Lipinski definition) is 3. The fourth-order valence-corrected chi connectivity index (χ4v) is 5.68. The lowest BCUT2D eigenvalue weighted by atomic mass is 9.87. The molecular formula is C25H28Cl2N2O2. The number of likely N-dealkylation sites (tertiary alicyclic amines) is 1. The summed E-state index contributed by atoms with van der Waals surface area (Å²) in [7, 11) is 0. The van der Waals surface area contributed by atoms with Gasteiger partial charge in [0.05, 0.1) is 10.0 Å². The number of halogens is 2. The highest BCUT2D eigenvalue weighted by atomic mass is 35.5. The summed E-state index contributed by atoms with van der Waals surface area (Å²) in [5.41, 5.74) is 5.93. The monoisotopic (exact) mass is 458 g/mol. The summed E-state index contributed by atoms with van der Waals surface area (Å²) in [4.78, 5) is 17.3. The lowest BCUT2D eigenvalue weighted by Gasteiger charge is -2.40. The van der Waals surface area contributed by atoms with Crippen LogP contribution >= 0.6 is 23.2 Å². The van der Waals surface area contributed by atoms with Gasteiger partial charge in [-0.25, -0.2) is 4.79 Å². The summed E-state index contributed by atoms with van der Waals surface area (Å²) in [5, 5.41) is 1.14. The molecule has 3 aliphatic rings. The van der Waals surface area contributed by atoms with Crippen molar-refractivity contribution in [2.75, 3.05) is 24.5 Å². The molecule has 0 unspecified atom stereocenters. The average molecular weight is 459 g/mol. The van der Waals surface area contributed by atoms with E-state index in [1.54, 1.807) is 0 Å². The molecule has 6 heteroatoms. The van der Waals surface area contributed by atoms with Crippen LogP contribution in [-0.2, 0) is 11.2 Å². The molecule has 31 heavy (non-hydrogen) atoms. The second-order valence-corrected chi connectivity index (χ2v) is 10.7. The van der Waals surface area contributed by atoms with E-state index >= 15 is 0 Å². The molecule has 164 valence electrons. The molecule has 3 heterocycles. The van der Waals surface area contributed by atoms with Crippen LogP contribution < -0.4 is 4.90 Å². The summed E-state index contributed by atoms with van der Waals surface area (Å²) in [6, 6.07) is 10.9. The summed E-state index contributed by atoms with van der Waals surface area (Å²) < 4.78 is 5.67. The number of rotatable bonds is 1. The minimum absolute atomic E-state index is 0.207. The minimum Gasteiger partial charge on any atom is -0.444 e. The van der Waals surface area contributed by atoms with Gasteiger partial charge in [0.15, 0.2) is 0 Å². The van der Waals surface area contributed by atoms with Crippen molar-refractivity contribution in [1.82, 2.24) is 4.90 Å². The molecule has 0 aromatic heterocycles. The van der Waals surface area contributed by atoms with Crippen molar-refractivity contribution in [3.8, 4) is 11.1 Å². The zero-order valence-electron chi connectivity index (χ0n) is 18.3. The Balaban J connectivity index is 1.52. The van der Waals surface area contributed by atoms with Gasteiger partial charge in [-0.2, -0.15) is 0 Å². The van der Waals surface area contributed by atoms with Gasteiger partial charge in [-0.3, -0.25) is 0 Å². The van der Waals surface area contributed by atoms with E-state index in [4.69, 9.17) is 27.9 Å². The van der Waals surface area contributed by atoms with E-state index in [-0.39, 0.29) is 6.09 Å². The third kappa shape index (κ3) is 3.78. The number of benzene rings is 2. The van der Waals surface area contributed by atoms with Gasteiger partial charge in [0.25, 0.3) is 0 Å². The largest absolute Gasteiger partial charge is 0.444 e. The number of carbonyl (C=O) groups is 1. The smallest absolute Gasteiger partial charge is 0.410 e. The number of ether oxygens (including phenoxy) is 1. The maximum atomic E-state index is 12.8. The van der Waals surface area contributed by atoms with Gasteiger partial charge in [0, 0.05) is 37.3 Å². The summed E-state index contributed by atoms with van der Waals surface area (Å²) in [6.45, 7) is 8.30. The second kappa shape index (κ2) is 7.60. The van der Waals surface area contributed by atoms with Crippen molar-refractivity contribution in [1.29, 1.82) is 0 Å². The number of aryl methyl sites for hydroxylation is 1. The van der Waals surface area contributed by atoms with Crippen molar-refractivity contribution in [2.45, 2.75) is 57.6 Å². The third-order valence-electron chi connectivity index (χ3n) is 6.63. The number of carbonyl (C=O) groups excluding carboxylic acids is 1. The lowest BCUT2D eigenvalue weighted by Crippen LogP contribution is -2.49. The van der Waals surface area contributed by atoms with Crippen LogP contribution in [0, 0.1) is 0 Å². The van der Waals surface area contributed by atoms with Crippen LogP contribution in [0.15, 0.2) is 30.3 Å². The Morgan fingerprint density at radius 2 is 1.87 bits per heavy atom. The van der Waals surface area contributed by atoms with Crippen LogP contribution in [0.3, 0.4) is 0 Å². The molecule has 1 amide bonds. The zero-order chi connectivity index (χ0) is 21.9. The first-order chi connectivity index (χ1) is 14.7. The molecule has 5 rings (SSSR count). The van der Waals surface area contributed by atoms with Crippen LogP contribution in [0.25, 0.3) is 11.1 Å². The molecule has 2 atom stereocenters. The predicted molar refractivity (Wildman–Crippen MR) is 127 cm³/mol. The van der Waals surface area contributed by atoms with Gasteiger partial charge >= 0.3 is 6.09 Å². The Morgan fingerprint density at radius 1 is 1.06 bits per heavy atom. The number of nitrogens with zero attached hydrogens (tertiary/aromatic N) is 2. The first kappa shape index (κ1) is 21.0. The van der Waals surface area contributed by atoms with Crippen molar-refractivity contribution in [3.05, 3.63) is 51.5 Å². The third-order valence-corrected chi connectivity index (χ3v) is 7.37. The molecule has 3 aliphatic heterocycles. The van der Waals surface area contributed by atoms with E-state index in [0.29, 0.717) is 28.5 Å². The first-order valence-corrected chi connectivity index (χ1v) is 11.8. The van der Waals surface area contributed by atoms with Crippen molar-refractivity contribution in [2.24, 2.45) is 0 Å². The quantitative estimate of drug-likeness (QED) is 0.487. The summed E-state index contributed by atoms with van der Waals surface area (Å²) in [6.07, 6.45) is 3.02. The van der Waals surface area contributed by atoms with Crippen LogP contribution in [0.2, 0.25) is 10.0 Å². The maximum Gasteiger partial charge on any atom is 0.410 e. The van der Waals surface area contributed by atoms with Gasteiger partial charge in [-0.15, -0.1) is 0 Å². The summed E-state index contributed by atoms with van der Waals surface area (Å²) >= 11 is 12.5. The lowest BCUT2D eigenvalue weighted by molar-refractivity contribution is 0.0189. The Labute approximate surface area is 194 Å². The molecule has 0 aliphatic carbocycles.